The number of thiophene rings is 1. The molecule has 6 heteroatoms. The van der Waals surface area contributed by atoms with Gasteiger partial charge < -0.3 is 15.7 Å². The number of aliphatic carboxylic acids is 1. The zero-order valence-electron chi connectivity index (χ0n) is 10.1. The molecule has 0 saturated heterocycles. The number of hydrogen-bond donors (Lipinski definition) is 3. The highest BCUT2D eigenvalue weighted by molar-refractivity contribution is 7.10. The summed E-state index contributed by atoms with van der Waals surface area (Å²) in [6.45, 7) is 2.13. The van der Waals surface area contributed by atoms with E-state index in [0.717, 1.165) is 12.8 Å². The highest BCUT2D eigenvalue weighted by Gasteiger charge is 2.29. The lowest BCUT2D eigenvalue weighted by Gasteiger charge is -2.33. The lowest BCUT2D eigenvalue weighted by Crippen LogP contribution is -2.49. The minimum Gasteiger partial charge on any atom is -0.479 e. The molecule has 1 aromatic rings. The van der Waals surface area contributed by atoms with Gasteiger partial charge in [0.2, 0.25) is 0 Å². The molecule has 0 aromatic carbocycles. The largest absolute Gasteiger partial charge is 0.479 e. The van der Waals surface area contributed by atoms with Crippen LogP contribution in [-0.4, -0.2) is 23.1 Å². The van der Waals surface area contributed by atoms with Crippen LogP contribution in [0.4, 0.5) is 4.79 Å². The molecule has 1 saturated carbocycles. The first-order valence-electron chi connectivity index (χ1n) is 5.89. The summed E-state index contributed by atoms with van der Waals surface area (Å²) >= 11 is 1.32. The first-order valence-corrected chi connectivity index (χ1v) is 6.77. The summed E-state index contributed by atoms with van der Waals surface area (Å²) in [5.41, 5.74) is 0. The smallest absolute Gasteiger partial charge is 0.331 e. The van der Waals surface area contributed by atoms with E-state index < -0.39 is 18.0 Å². The van der Waals surface area contributed by atoms with E-state index in [1.54, 1.807) is 17.5 Å². The van der Waals surface area contributed by atoms with Crippen molar-refractivity contribution in [3.8, 4) is 0 Å². The van der Waals surface area contributed by atoms with Gasteiger partial charge in [0.15, 0.2) is 6.04 Å². The number of carbonyl (C=O) groups is 2. The van der Waals surface area contributed by atoms with Crippen LogP contribution in [0.5, 0.6) is 0 Å². The topological polar surface area (TPSA) is 78.4 Å². The number of urea groups is 1. The standard InChI is InChI=1S/C12H16N2O3S/c1-7-5-8(6-7)13-12(17)14-10(11(15)16)9-3-2-4-18-9/h2-4,7-8,10H,5-6H2,1H3,(H,15,16)(H2,13,14,17). The number of rotatable bonds is 4. The van der Waals surface area contributed by atoms with Crippen molar-refractivity contribution >= 4 is 23.3 Å². The van der Waals surface area contributed by atoms with Gasteiger partial charge >= 0.3 is 12.0 Å². The fourth-order valence-corrected chi connectivity index (χ4v) is 2.86. The van der Waals surface area contributed by atoms with Gasteiger partial charge in [0, 0.05) is 10.9 Å². The normalized spacial score (nSPS) is 23.8. The summed E-state index contributed by atoms with van der Waals surface area (Å²) < 4.78 is 0. The fraction of sp³-hybridized carbons (Fsp3) is 0.500. The predicted octanol–water partition coefficient (Wildman–Crippen LogP) is 1.97. The van der Waals surface area contributed by atoms with Crippen molar-refractivity contribution in [1.82, 2.24) is 10.6 Å². The van der Waals surface area contributed by atoms with E-state index in [9.17, 15) is 9.59 Å². The first-order chi connectivity index (χ1) is 8.56. The summed E-state index contributed by atoms with van der Waals surface area (Å²) in [4.78, 5) is 23.4. The molecule has 5 nitrogen and oxygen atoms in total. The second-order valence-corrected chi connectivity index (χ2v) is 5.66. The first kappa shape index (κ1) is 12.9. The van der Waals surface area contributed by atoms with E-state index in [4.69, 9.17) is 5.11 Å². The monoisotopic (exact) mass is 268 g/mol. The molecule has 1 heterocycles. The van der Waals surface area contributed by atoms with Crippen molar-refractivity contribution in [2.75, 3.05) is 0 Å². The van der Waals surface area contributed by atoms with E-state index in [2.05, 4.69) is 17.6 Å². The summed E-state index contributed by atoms with van der Waals surface area (Å²) in [7, 11) is 0. The Bertz CT molecular complexity index is 427. The molecule has 18 heavy (non-hydrogen) atoms. The summed E-state index contributed by atoms with van der Waals surface area (Å²) in [6, 6.07) is 2.27. The molecule has 0 radical (unpaired) electrons. The van der Waals surface area contributed by atoms with Crippen molar-refractivity contribution in [1.29, 1.82) is 0 Å². The number of carbonyl (C=O) groups excluding carboxylic acids is 1. The molecule has 1 unspecified atom stereocenters. The van der Waals surface area contributed by atoms with Crippen molar-refractivity contribution in [3.63, 3.8) is 0 Å². The van der Waals surface area contributed by atoms with Gasteiger partial charge in [-0.25, -0.2) is 9.59 Å². The van der Waals surface area contributed by atoms with Crippen LogP contribution in [0.3, 0.4) is 0 Å². The second-order valence-electron chi connectivity index (χ2n) is 4.68. The average Bonchev–Trinajstić information content (AvgIpc) is 2.76. The predicted molar refractivity (Wildman–Crippen MR) is 68.5 cm³/mol. The van der Waals surface area contributed by atoms with E-state index in [0.29, 0.717) is 10.8 Å². The van der Waals surface area contributed by atoms with Gasteiger partial charge in [-0.1, -0.05) is 13.0 Å². The Morgan fingerprint density at radius 1 is 1.50 bits per heavy atom. The summed E-state index contributed by atoms with van der Waals surface area (Å²) in [5, 5.41) is 16.2. The van der Waals surface area contributed by atoms with Crippen LogP contribution in [-0.2, 0) is 4.79 Å². The molecule has 0 spiro atoms. The van der Waals surface area contributed by atoms with Gasteiger partial charge in [-0.05, 0) is 30.2 Å². The average molecular weight is 268 g/mol. The third-order valence-electron chi connectivity index (χ3n) is 3.06. The van der Waals surface area contributed by atoms with Crippen LogP contribution in [0.1, 0.15) is 30.7 Å². The van der Waals surface area contributed by atoms with Crippen LogP contribution in [0.25, 0.3) is 0 Å². The number of carboxylic acids is 1. The van der Waals surface area contributed by atoms with Crippen LogP contribution in [0.15, 0.2) is 17.5 Å². The second kappa shape index (κ2) is 5.39. The molecule has 1 aliphatic carbocycles. The highest BCUT2D eigenvalue weighted by Crippen LogP contribution is 2.26. The molecule has 1 fully saturated rings. The van der Waals surface area contributed by atoms with Crippen molar-refractivity contribution < 1.29 is 14.7 Å². The Kier molecular flexibility index (Phi) is 3.86. The Labute approximate surface area is 109 Å². The minimum atomic E-state index is -1.05. The van der Waals surface area contributed by atoms with Crippen molar-refractivity contribution in [3.05, 3.63) is 22.4 Å². The van der Waals surface area contributed by atoms with E-state index in [-0.39, 0.29) is 6.04 Å². The molecular weight excluding hydrogens is 252 g/mol. The number of carboxylic acid groups (broad SMARTS) is 1. The lowest BCUT2D eigenvalue weighted by atomic mass is 9.82. The van der Waals surface area contributed by atoms with Gasteiger partial charge in [0.1, 0.15) is 0 Å². The summed E-state index contributed by atoms with van der Waals surface area (Å²) in [5.74, 6) is -0.405. The summed E-state index contributed by atoms with van der Waals surface area (Å²) in [6.07, 6.45) is 1.92. The maximum Gasteiger partial charge on any atom is 0.331 e. The van der Waals surface area contributed by atoms with E-state index in [1.165, 1.54) is 11.3 Å². The number of amides is 2. The molecule has 3 N–H and O–H groups in total. The number of nitrogens with one attached hydrogen (secondary N) is 2. The van der Waals surface area contributed by atoms with Gasteiger partial charge in [-0.2, -0.15) is 0 Å². The Morgan fingerprint density at radius 2 is 2.22 bits per heavy atom. The zero-order chi connectivity index (χ0) is 13.1. The van der Waals surface area contributed by atoms with Gasteiger partial charge in [-0.3, -0.25) is 0 Å². The molecule has 1 atom stereocenters. The van der Waals surface area contributed by atoms with E-state index >= 15 is 0 Å². The van der Waals surface area contributed by atoms with Crippen LogP contribution in [0, 0.1) is 5.92 Å². The Hall–Kier alpha value is -1.56. The molecule has 98 valence electrons. The van der Waals surface area contributed by atoms with Crippen molar-refractivity contribution in [2.24, 2.45) is 5.92 Å². The quantitative estimate of drug-likeness (QED) is 0.781. The molecule has 1 aliphatic rings. The highest BCUT2D eigenvalue weighted by atomic mass is 32.1. The Morgan fingerprint density at radius 3 is 2.72 bits per heavy atom. The van der Waals surface area contributed by atoms with Gasteiger partial charge in [0.05, 0.1) is 0 Å². The zero-order valence-corrected chi connectivity index (χ0v) is 10.9. The minimum absolute atomic E-state index is 0.179. The van der Waals surface area contributed by atoms with Gasteiger partial charge in [0.25, 0.3) is 0 Å². The fourth-order valence-electron chi connectivity index (χ4n) is 2.09. The Balaban J connectivity index is 1.89. The SMILES string of the molecule is CC1CC(NC(=O)NC(C(=O)O)c2cccs2)C1. The molecule has 0 bridgehead atoms. The van der Waals surface area contributed by atoms with Crippen LogP contribution < -0.4 is 10.6 Å². The molecule has 2 amide bonds. The molecule has 1 aromatic heterocycles. The lowest BCUT2D eigenvalue weighted by molar-refractivity contribution is -0.139. The molecular formula is C12H16N2O3S. The maximum absolute atomic E-state index is 11.7. The van der Waals surface area contributed by atoms with Gasteiger partial charge in [-0.15, -0.1) is 11.3 Å². The third-order valence-corrected chi connectivity index (χ3v) is 4.00. The van der Waals surface area contributed by atoms with Crippen molar-refractivity contribution in [2.45, 2.75) is 31.8 Å². The van der Waals surface area contributed by atoms with Crippen LogP contribution in [0.2, 0.25) is 0 Å². The molecule has 0 aliphatic heterocycles. The van der Waals surface area contributed by atoms with E-state index in [1.807, 2.05) is 0 Å². The molecule has 2 rings (SSSR count). The number of hydrogen-bond acceptors (Lipinski definition) is 3. The maximum atomic E-state index is 11.7. The van der Waals surface area contributed by atoms with Crippen LogP contribution >= 0.6 is 11.3 Å². The third kappa shape index (κ3) is 3.01.